The second-order valence-electron chi connectivity index (χ2n) is 5.30. The van der Waals surface area contributed by atoms with E-state index >= 15 is 0 Å². The molecule has 1 aromatic heterocycles. The predicted octanol–water partition coefficient (Wildman–Crippen LogP) is 0.848. The smallest absolute Gasteiger partial charge is 0.0964 e. The van der Waals surface area contributed by atoms with Gasteiger partial charge in [-0.05, 0) is 31.0 Å². The lowest BCUT2D eigenvalue weighted by Gasteiger charge is -2.37. The van der Waals surface area contributed by atoms with Crippen molar-refractivity contribution in [2.75, 3.05) is 19.7 Å². The Morgan fingerprint density at radius 1 is 1.56 bits per heavy atom. The Morgan fingerprint density at radius 2 is 2.50 bits per heavy atom. The lowest BCUT2D eigenvalue weighted by Crippen LogP contribution is -2.50. The van der Waals surface area contributed by atoms with Gasteiger partial charge in [-0.1, -0.05) is 6.07 Å². The van der Waals surface area contributed by atoms with E-state index in [1.54, 1.807) is 6.20 Å². The molecular weight excluding hydrogens is 228 g/mol. The average molecular weight is 248 g/mol. The molecule has 0 saturated carbocycles. The van der Waals surface area contributed by atoms with E-state index in [1.165, 1.54) is 12.8 Å². The van der Waals surface area contributed by atoms with Gasteiger partial charge in [0, 0.05) is 31.4 Å². The first-order chi connectivity index (χ1) is 8.83. The third-order valence-electron chi connectivity index (χ3n) is 4.01. The van der Waals surface area contributed by atoms with Crippen LogP contribution in [-0.2, 0) is 11.2 Å². The molecule has 2 fully saturated rings. The topological polar surface area (TPSA) is 45.6 Å². The fourth-order valence-corrected chi connectivity index (χ4v) is 2.97. The van der Waals surface area contributed by atoms with Gasteiger partial charge in [-0.25, -0.2) is 0 Å². The minimum atomic E-state index is -0.434. The van der Waals surface area contributed by atoms with Crippen LogP contribution in [0.5, 0.6) is 0 Å². The van der Waals surface area contributed by atoms with E-state index in [1.807, 2.05) is 18.3 Å². The molecule has 0 radical (unpaired) electrons. The van der Waals surface area contributed by atoms with Crippen LogP contribution in [0, 0.1) is 0 Å². The summed E-state index contributed by atoms with van der Waals surface area (Å²) in [5.74, 6) is 0. The number of pyridine rings is 1. The van der Waals surface area contributed by atoms with Crippen molar-refractivity contribution in [3.05, 3.63) is 30.1 Å². The number of aliphatic hydroxyl groups excluding tert-OH is 1. The van der Waals surface area contributed by atoms with E-state index < -0.39 is 6.10 Å². The van der Waals surface area contributed by atoms with Crippen molar-refractivity contribution >= 4 is 0 Å². The molecule has 0 aliphatic carbocycles. The Kier molecular flexibility index (Phi) is 3.59. The third kappa shape index (κ3) is 2.55. The van der Waals surface area contributed by atoms with E-state index in [0.717, 1.165) is 25.3 Å². The number of ether oxygens (including phenoxy) is 1. The highest BCUT2D eigenvalue weighted by Gasteiger charge is 2.35. The maximum atomic E-state index is 10.3. The molecule has 4 nitrogen and oxygen atoms in total. The summed E-state index contributed by atoms with van der Waals surface area (Å²) in [6.45, 7) is 2.80. The molecule has 1 N–H and O–H groups in total. The second-order valence-corrected chi connectivity index (χ2v) is 5.30. The zero-order valence-electron chi connectivity index (χ0n) is 10.5. The van der Waals surface area contributed by atoms with Crippen molar-refractivity contribution in [1.82, 2.24) is 9.88 Å². The van der Waals surface area contributed by atoms with Gasteiger partial charge in [-0.15, -0.1) is 0 Å². The Bertz CT molecular complexity index is 385. The fourth-order valence-electron chi connectivity index (χ4n) is 2.97. The largest absolute Gasteiger partial charge is 0.390 e. The van der Waals surface area contributed by atoms with Crippen molar-refractivity contribution in [3.63, 3.8) is 0 Å². The van der Waals surface area contributed by atoms with E-state index in [-0.39, 0.29) is 6.10 Å². The molecule has 0 spiro atoms. The van der Waals surface area contributed by atoms with Crippen LogP contribution in [0.15, 0.2) is 24.5 Å². The Balaban J connectivity index is 1.58. The zero-order valence-corrected chi connectivity index (χ0v) is 10.5. The van der Waals surface area contributed by atoms with Crippen molar-refractivity contribution in [1.29, 1.82) is 0 Å². The van der Waals surface area contributed by atoms with Gasteiger partial charge in [0.15, 0.2) is 0 Å². The molecule has 18 heavy (non-hydrogen) atoms. The molecule has 0 aromatic carbocycles. The Morgan fingerprint density at radius 3 is 3.33 bits per heavy atom. The van der Waals surface area contributed by atoms with Crippen LogP contribution in [0.25, 0.3) is 0 Å². The molecule has 4 heteroatoms. The molecule has 2 saturated heterocycles. The summed E-state index contributed by atoms with van der Waals surface area (Å²) in [5, 5.41) is 10.3. The van der Waals surface area contributed by atoms with Gasteiger partial charge in [0.05, 0.1) is 18.8 Å². The van der Waals surface area contributed by atoms with Gasteiger partial charge >= 0.3 is 0 Å². The minimum Gasteiger partial charge on any atom is -0.390 e. The molecule has 98 valence electrons. The highest BCUT2D eigenvalue weighted by molar-refractivity contribution is 5.10. The highest BCUT2D eigenvalue weighted by Crippen LogP contribution is 2.24. The van der Waals surface area contributed by atoms with Crippen molar-refractivity contribution in [2.45, 2.75) is 37.5 Å². The summed E-state index contributed by atoms with van der Waals surface area (Å²) in [7, 11) is 0. The molecule has 3 heterocycles. The monoisotopic (exact) mass is 248 g/mol. The lowest BCUT2D eigenvalue weighted by atomic mass is 10.0. The first-order valence-corrected chi connectivity index (χ1v) is 6.75. The van der Waals surface area contributed by atoms with Crippen LogP contribution in [-0.4, -0.2) is 52.9 Å². The number of aromatic nitrogens is 1. The van der Waals surface area contributed by atoms with Gasteiger partial charge in [0.2, 0.25) is 0 Å². The number of rotatable bonds is 3. The van der Waals surface area contributed by atoms with Crippen LogP contribution >= 0.6 is 0 Å². The molecule has 3 atom stereocenters. The van der Waals surface area contributed by atoms with Crippen LogP contribution < -0.4 is 0 Å². The third-order valence-corrected chi connectivity index (χ3v) is 4.01. The number of hydrogen-bond acceptors (Lipinski definition) is 4. The van der Waals surface area contributed by atoms with E-state index in [2.05, 4.69) is 9.88 Å². The van der Waals surface area contributed by atoms with Crippen molar-refractivity contribution in [2.24, 2.45) is 0 Å². The normalized spacial score (nSPS) is 30.1. The molecule has 3 rings (SSSR count). The second kappa shape index (κ2) is 5.34. The summed E-state index contributed by atoms with van der Waals surface area (Å²) in [6.07, 6.45) is 6.20. The van der Waals surface area contributed by atoms with Crippen molar-refractivity contribution in [3.8, 4) is 0 Å². The maximum absolute atomic E-state index is 10.3. The number of hydrogen-bond donors (Lipinski definition) is 1. The predicted molar refractivity (Wildman–Crippen MR) is 68.3 cm³/mol. The summed E-state index contributed by atoms with van der Waals surface area (Å²) >= 11 is 0. The number of nitrogens with zero attached hydrogens (tertiary/aromatic N) is 2. The summed E-state index contributed by atoms with van der Waals surface area (Å²) < 4.78 is 5.81. The number of morpholine rings is 1. The summed E-state index contributed by atoms with van der Waals surface area (Å²) in [6, 6.07) is 4.49. The standard InChI is InChI=1S/C14H20N2O2/c17-13(7-11-3-1-5-15-8-11)14-9-16-6-2-4-12(16)10-18-14/h1,3,5,8,12-14,17H,2,4,6-7,9-10H2. The molecule has 2 aliphatic heterocycles. The van der Waals surface area contributed by atoms with Gasteiger partial charge < -0.3 is 9.84 Å². The van der Waals surface area contributed by atoms with Gasteiger partial charge in [-0.2, -0.15) is 0 Å². The Labute approximate surface area is 108 Å². The van der Waals surface area contributed by atoms with Gasteiger partial charge in [0.25, 0.3) is 0 Å². The molecule has 0 bridgehead atoms. The quantitative estimate of drug-likeness (QED) is 0.861. The van der Waals surface area contributed by atoms with E-state index in [4.69, 9.17) is 4.74 Å². The molecule has 3 unspecified atom stereocenters. The van der Waals surface area contributed by atoms with Crippen molar-refractivity contribution < 1.29 is 9.84 Å². The molecule has 1 aromatic rings. The Hall–Kier alpha value is -0.970. The fraction of sp³-hybridized carbons (Fsp3) is 0.643. The highest BCUT2D eigenvalue weighted by atomic mass is 16.5. The summed E-state index contributed by atoms with van der Waals surface area (Å²) in [4.78, 5) is 6.53. The molecular formula is C14H20N2O2. The van der Waals surface area contributed by atoms with Crippen LogP contribution in [0.1, 0.15) is 18.4 Å². The van der Waals surface area contributed by atoms with Crippen LogP contribution in [0.4, 0.5) is 0 Å². The SMILES string of the molecule is OC(Cc1cccnc1)C1CN2CCCC2CO1. The lowest BCUT2D eigenvalue weighted by molar-refractivity contribution is -0.101. The number of aliphatic hydroxyl groups is 1. The van der Waals surface area contributed by atoms with E-state index in [9.17, 15) is 5.11 Å². The summed E-state index contributed by atoms with van der Waals surface area (Å²) in [5.41, 5.74) is 1.07. The maximum Gasteiger partial charge on any atom is 0.0964 e. The van der Waals surface area contributed by atoms with Crippen LogP contribution in [0.2, 0.25) is 0 Å². The first-order valence-electron chi connectivity index (χ1n) is 6.75. The molecule has 2 aliphatic rings. The van der Waals surface area contributed by atoms with Gasteiger partial charge in [-0.3, -0.25) is 9.88 Å². The minimum absolute atomic E-state index is 0.0560. The first kappa shape index (κ1) is 12.1. The zero-order chi connectivity index (χ0) is 12.4. The van der Waals surface area contributed by atoms with Gasteiger partial charge in [0.1, 0.15) is 0 Å². The van der Waals surface area contributed by atoms with E-state index in [0.29, 0.717) is 12.5 Å². The average Bonchev–Trinajstić information content (AvgIpc) is 2.87. The number of fused-ring (bicyclic) bond motifs is 1. The van der Waals surface area contributed by atoms with Crippen LogP contribution in [0.3, 0.4) is 0 Å². The molecule has 0 amide bonds.